The third-order valence-corrected chi connectivity index (χ3v) is 2.74. The van der Waals surface area contributed by atoms with Gasteiger partial charge in [0.05, 0.1) is 0 Å². The Morgan fingerprint density at radius 2 is 1.84 bits per heavy atom. The van der Waals surface area contributed by atoms with Crippen molar-refractivity contribution >= 4 is 17.6 Å². The molecule has 0 aliphatic rings. The van der Waals surface area contributed by atoms with Gasteiger partial charge in [-0.25, -0.2) is 0 Å². The fraction of sp³-hybridized carbons (Fsp3) is 0.750. The second-order valence-corrected chi connectivity index (χ2v) is 5.44. The number of hydrogen-bond donors (Lipinski definition) is 4. The van der Waals surface area contributed by atoms with Crippen LogP contribution in [0.25, 0.3) is 0 Å². The smallest absolute Gasteiger partial charge is 0.242 e. The molecule has 0 saturated heterocycles. The predicted molar refractivity (Wildman–Crippen MR) is 72.6 cm³/mol. The van der Waals surface area contributed by atoms with Gasteiger partial charge in [0.1, 0.15) is 11.5 Å². The Labute approximate surface area is 113 Å². The fourth-order valence-electron chi connectivity index (χ4n) is 1.14. The number of nitrogens with two attached hydrogens (primary N) is 1. The molecule has 0 rings (SSSR count). The third-order valence-electron chi connectivity index (χ3n) is 2.74. The summed E-state index contributed by atoms with van der Waals surface area (Å²) in [6.45, 7) is 9.10. The molecule has 7 heteroatoms. The maximum Gasteiger partial charge on any atom is 0.242 e. The molecule has 1 unspecified atom stereocenters. The van der Waals surface area contributed by atoms with Crippen LogP contribution in [0.3, 0.4) is 0 Å². The standard InChI is InChI=1S/C12H24N4O3/c1-7(2)6-14-9(17)8(3)15-11(18)12(4,5)10(13)16-19/h7-8,19H,6H2,1-5H3,(H2,13,16)(H,14,17)(H,15,18). The third kappa shape index (κ3) is 5.15. The second kappa shape index (κ2) is 6.96. The van der Waals surface area contributed by atoms with Crippen LogP contribution in [0.2, 0.25) is 0 Å². The number of amidine groups is 1. The monoisotopic (exact) mass is 272 g/mol. The lowest BCUT2D eigenvalue weighted by atomic mass is 9.90. The van der Waals surface area contributed by atoms with Crippen LogP contribution < -0.4 is 16.4 Å². The average Bonchev–Trinajstić information content (AvgIpc) is 2.34. The normalized spacial score (nSPS) is 14.1. The molecule has 0 aliphatic heterocycles. The Morgan fingerprint density at radius 1 is 1.32 bits per heavy atom. The van der Waals surface area contributed by atoms with E-state index in [1.807, 2.05) is 13.8 Å². The van der Waals surface area contributed by atoms with Gasteiger partial charge in [-0.1, -0.05) is 19.0 Å². The SMILES string of the molecule is CC(C)CNC(=O)C(C)NC(=O)C(C)(C)C(N)=NO. The molecule has 19 heavy (non-hydrogen) atoms. The molecular weight excluding hydrogens is 248 g/mol. The molecule has 0 heterocycles. The first kappa shape index (κ1) is 17.2. The molecule has 1 atom stereocenters. The van der Waals surface area contributed by atoms with Gasteiger partial charge >= 0.3 is 0 Å². The zero-order valence-corrected chi connectivity index (χ0v) is 12.2. The number of rotatable bonds is 6. The minimum Gasteiger partial charge on any atom is -0.409 e. The summed E-state index contributed by atoms with van der Waals surface area (Å²) in [5.74, 6) is -0.618. The van der Waals surface area contributed by atoms with Crippen LogP contribution in [0.15, 0.2) is 5.16 Å². The molecule has 0 aromatic carbocycles. The van der Waals surface area contributed by atoms with E-state index in [4.69, 9.17) is 10.9 Å². The van der Waals surface area contributed by atoms with Gasteiger partial charge in [-0.15, -0.1) is 0 Å². The minimum absolute atomic E-state index is 0.209. The van der Waals surface area contributed by atoms with E-state index in [0.29, 0.717) is 12.5 Å². The van der Waals surface area contributed by atoms with E-state index >= 15 is 0 Å². The maximum atomic E-state index is 12.0. The molecule has 0 fully saturated rings. The summed E-state index contributed by atoms with van der Waals surface area (Å²) < 4.78 is 0. The number of carbonyl (C=O) groups excluding carboxylic acids is 2. The van der Waals surface area contributed by atoms with Crippen molar-refractivity contribution in [2.75, 3.05) is 6.54 Å². The van der Waals surface area contributed by atoms with Crippen LogP contribution in [0, 0.1) is 11.3 Å². The van der Waals surface area contributed by atoms with Gasteiger partial charge in [0.25, 0.3) is 0 Å². The Bertz CT molecular complexity index is 364. The zero-order valence-electron chi connectivity index (χ0n) is 12.2. The highest BCUT2D eigenvalue weighted by molar-refractivity contribution is 6.06. The van der Waals surface area contributed by atoms with Crippen LogP contribution in [0.4, 0.5) is 0 Å². The predicted octanol–water partition coefficient (Wildman–Crippen LogP) is 0.0359. The molecule has 7 nitrogen and oxygen atoms in total. The van der Waals surface area contributed by atoms with Crippen LogP contribution in [-0.2, 0) is 9.59 Å². The molecule has 0 bridgehead atoms. The molecular formula is C12H24N4O3. The van der Waals surface area contributed by atoms with Crippen LogP contribution in [-0.4, -0.2) is 35.4 Å². The molecule has 5 N–H and O–H groups in total. The fourth-order valence-corrected chi connectivity index (χ4v) is 1.14. The lowest BCUT2D eigenvalue weighted by Gasteiger charge is -2.24. The van der Waals surface area contributed by atoms with E-state index in [2.05, 4.69) is 15.8 Å². The van der Waals surface area contributed by atoms with Gasteiger partial charge in [0.2, 0.25) is 11.8 Å². The van der Waals surface area contributed by atoms with E-state index in [0.717, 1.165) is 0 Å². The summed E-state index contributed by atoms with van der Waals surface area (Å²) in [6.07, 6.45) is 0. The van der Waals surface area contributed by atoms with Crippen molar-refractivity contribution in [2.24, 2.45) is 22.2 Å². The summed E-state index contributed by atoms with van der Waals surface area (Å²) in [5, 5.41) is 16.7. The molecule has 0 radical (unpaired) electrons. The summed E-state index contributed by atoms with van der Waals surface area (Å²) in [5.41, 5.74) is 4.26. The molecule has 110 valence electrons. The Hall–Kier alpha value is -1.79. The summed E-state index contributed by atoms with van der Waals surface area (Å²) >= 11 is 0. The number of hydrogen-bond acceptors (Lipinski definition) is 4. The highest BCUT2D eigenvalue weighted by atomic mass is 16.4. The first-order chi connectivity index (χ1) is 8.62. The zero-order chi connectivity index (χ0) is 15.2. The quantitative estimate of drug-likeness (QED) is 0.236. The number of carbonyl (C=O) groups is 2. The van der Waals surface area contributed by atoms with Gasteiger partial charge in [0, 0.05) is 6.54 Å². The summed E-state index contributed by atoms with van der Waals surface area (Å²) in [6, 6.07) is -0.683. The minimum atomic E-state index is -1.18. The highest BCUT2D eigenvalue weighted by Gasteiger charge is 2.34. The number of amides is 2. The van der Waals surface area contributed by atoms with E-state index < -0.39 is 17.4 Å². The summed E-state index contributed by atoms with van der Waals surface area (Å²) in [4.78, 5) is 23.7. The van der Waals surface area contributed by atoms with Gasteiger partial charge in [-0.2, -0.15) is 0 Å². The summed E-state index contributed by atoms with van der Waals surface area (Å²) in [7, 11) is 0. The van der Waals surface area contributed by atoms with E-state index in [-0.39, 0.29) is 11.7 Å². The van der Waals surface area contributed by atoms with Crippen molar-refractivity contribution in [1.29, 1.82) is 0 Å². The Kier molecular flexibility index (Phi) is 6.31. The van der Waals surface area contributed by atoms with Crippen LogP contribution in [0.1, 0.15) is 34.6 Å². The average molecular weight is 272 g/mol. The molecule has 2 amide bonds. The number of oxime groups is 1. The van der Waals surface area contributed by atoms with Gasteiger partial charge < -0.3 is 21.6 Å². The Morgan fingerprint density at radius 3 is 2.26 bits per heavy atom. The molecule has 0 aliphatic carbocycles. The largest absolute Gasteiger partial charge is 0.409 e. The number of nitrogens with zero attached hydrogens (tertiary/aromatic N) is 1. The van der Waals surface area contributed by atoms with Crippen molar-refractivity contribution in [1.82, 2.24) is 10.6 Å². The van der Waals surface area contributed by atoms with E-state index in [1.54, 1.807) is 6.92 Å². The van der Waals surface area contributed by atoms with Crippen LogP contribution in [0.5, 0.6) is 0 Å². The highest BCUT2D eigenvalue weighted by Crippen LogP contribution is 2.15. The van der Waals surface area contributed by atoms with E-state index in [9.17, 15) is 9.59 Å². The van der Waals surface area contributed by atoms with Crippen molar-refractivity contribution < 1.29 is 14.8 Å². The molecule has 0 saturated carbocycles. The van der Waals surface area contributed by atoms with Crippen molar-refractivity contribution in [3.63, 3.8) is 0 Å². The lowest BCUT2D eigenvalue weighted by Crippen LogP contribution is -2.52. The lowest BCUT2D eigenvalue weighted by molar-refractivity contribution is -0.131. The first-order valence-electron chi connectivity index (χ1n) is 6.19. The second-order valence-electron chi connectivity index (χ2n) is 5.44. The maximum absolute atomic E-state index is 12.0. The molecule has 0 aromatic heterocycles. The van der Waals surface area contributed by atoms with Gasteiger partial charge in [0.15, 0.2) is 5.84 Å². The first-order valence-corrected chi connectivity index (χ1v) is 6.19. The van der Waals surface area contributed by atoms with Crippen molar-refractivity contribution in [2.45, 2.75) is 40.7 Å². The Balaban J connectivity index is 4.52. The van der Waals surface area contributed by atoms with Crippen molar-refractivity contribution in [3.8, 4) is 0 Å². The topological polar surface area (TPSA) is 117 Å². The van der Waals surface area contributed by atoms with E-state index in [1.165, 1.54) is 13.8 Å². The molecule has 0 aromatic rings. The van der Waals surface area contributed by atoms with Gasteiger partial charge in [-0.3, -0.25) is 9.59 Å². The van der Waals surface area contributed by atoms with Gasteiger partial charge in [-0.05, 0) is 26.7 Å². The van der Waals surface area contributed by atoms with Crippen molar-refractivity contribution in [3.05, 3.63) is 0 Å². The van der Waals surface area contributed by atoms with Crippen LogP contribution >= 0.6 is 0 Å². The molecule has 0 spiro atoms. The number of nitrogens with one attached hydrogen (secondary N) is 2.